The van der Waals surface area contributed by atoms with E-state index in [0.29, 0.717) is 6.04 Å². The number of urea groups is 1. The zero-order valence-corrected chi connectivity index (χ0v) is 12.8. The van der Waals surface area contributed by atoms with E-state index in [0.717, 1.165) is 11.4 Å². The maximum atomic E-state index is 11.9. The van der Waals surface area contributed by atoms with Crippen LogP contribution in [0.5, 0.6) is 0 Å². The summed E-state index contributed by atoms with van der Waals surface area (Å²) in [5.41, 5.74) is 1.84. The fraction of sp³-hybridized carbons (Fsp3) is 0.562. The first-order valence-electron chi connectivity index (χ1n) is 7.62. The molecule has 5 heteroatoms. The molecule has 116 valence electrons. The van der Waals surface area contributed by atoms with Crippen LogP contribution in [0.4, 0.5) is 16.2 Å². The summed E-state index contributed by atoms with van der Waals surface area (Å²) in [7, 11) is 2.09. The zero-order chi connectivity index (χ0) is 15.2. The van der Waals surface area contributed by atoms with Gasteiger partial charge in [0.15, 0.2) is 0 Å². The van der Waals surface area contributed by atoms with Crippen molar-refractivity contribution in [3.63, 3.8) is 0 Å². The van der Waals surface area contributed by atoms with Gasteiger partial charge >= 0.3 is 6.03 Å². The van der Waals surface area contributed by atoms with Crippen LogP contribution in [0.15, 0.2) is 24.3 Å². The third-order valence-electron chi connectivity index (χ3n) is 4.06. The van der Waals surface area contributed by atoms with E-state index in [1.165, 1.54) is 25.7 Å². The van der Waals surface area contributed by atoms with E-state index >= 15 is 0 Å². The number of benzene rings is 1. The molecule has 1 aliphatic carbocycles. The molecule has 2 amide bonds. The van der Waals surface area contributed by atoms with Gasteiger partial charge in [-0.15, -0.1) is 0 Å². The number of hydrogen-bond donors (Lipinski definition) is 3. The Bertz CT molecular complexity index is 472. The Hall–Kier alpha value is -1.75. The maximum Gasteiger partial charge on any atom is 0.319 e. The predicted octanol–water partition coefficient (Wildman–Crippen LogP) is 2.57. The molecule has 0 aliphatic heterocycles. The minimum Gasteiger partial charge on any atom is -0.394 e. The van der Waals surface area contributed by atoms with Crippen molar-refractivity contribution in [2.75, 3.05) is 23.9 Å². The summed E-state index contributed by atoms with van der Waals surface area (Å²) in [6.45, 7) is 1.69. The Labute approximate surface area is 126 Å². The lowest BCUT2D eigenvalue weighted by Crippen LogP contribution is -2.38. The van der Waals surface area contributed by atoms with Gasteiger partial charge in [0.1, 0.15) is 0 Å². The largest absolute Gasteiger partial charge is 0.394 e. The highest BCUT2D eigenvalue weighted by Gasteiger charge is 2.21. The first-order chi connectivity index (χ1) is 10.1. The number of hydrogen-bond acceptors (Lipinski definition) is 3. The number of para-hydroxylation sites is 2. The molecule has 3 N–H and O–H groups in total. The predicted molar refractivity (Wildman–Crippen MR) is 85.8 cm³/mol. The van der Waals surface area contributed by atoms with Gasteiger partial charge in [0, 0.05) is 13.1 Å². The summed E-state index contributed by atoms with van der Waals surface area (Å²) in [6.07, 6.45) is 4.97. The van der Waals surface area contributed by atoms with Gasteiger partial charge in [-0.05, 0) is 31.9 Å². The first-order valence-corrected chi connectivity index (χ1v) is 7.62. The van der Waals surface area contributed by atoms with Crippen LogP contribution in [0, 0.1) is 0 Å². The lowest BCUT2D eigenvalue weighted by atomic mass is 10.1. The van der Waals surface area contributed by atoms with E-state index < -0.39 is 0 Å². The van der Waals surface area contributed by atoms with Crippen LogP contribution >= 0.6 is 0 Å². The normalized spacial score (nSPS) is 16.5. The lowest BCUT2D eigenvalue weighted by Gasteiger charge is -2.28. The Morgan fingerprint density at radius 2 is 2.05 bits per heavy atom. The molecule has 0 radical (unpaired) electrons. The second-order valence-corrected chi connectivity index (χ2v) is 5.75. The molecule has 1 unspecified atom stereocenters. The van der Waals surface area contributed by atoms with Gasteiger partial charge in [-0.3, -0.25) is 0 Å². The second-order valence-electron chi connectivity index (χ2n) is 5.75. The van der Waals surface area contributed by atoms with E-state index in [9.17, 15) is 4.79 Å². The lowest BCUT2D eigenvalue weighted by molar-refractivity contribution is 0.229. The Kier molecular flexibility index (Phi) is 5.44. The summed E-state index contributed by atoms with van der Waals surface area (Å²) < 4.78 is 0. The maximum absolute atomic E-state index is 11.9. The summed E-state index contributed by atoms with van der Waals surface area (Å²) in [5, 5.41) is 14.6. The molecule has 1 saturated carbocycles. The van der Waals surface area contributed by atoms with Crippen LogP contribution in [0.25, 0.3) is 0 Å². The van der Waals surface area contributed by atoms with Crippen molar-refractivity contribution >= 4 is 17.4 Å². The Morgan fingerprint density at radius 3 is 2.71 bits per heavy atom. The zero-order valence-electron chi connectivity index (χ0n) is 12.8. The molecule has 0 aromatic heterocycles. The Balaban J connectivity index is 2.07. The van der Waals surface area contributed by atoms with Crippen molar-refractivity contribution in [2.24, 2.45) is 0 Å². The number of aliphatic hydroxyl groups excluding tert-OH is 1. The average Bonchev–Trinajstić information content (AvgIpc) is 3.01. The van der Waals surface area contributed by atoms with Crippen molar-refractivity contribution in [2.45, 2.75) is 44.7 Å². The van der Waals surface area contributed by atoms with Crippen LogP contribution in [0.1, 0.15) is 32.6 Å². The smallest absolute Gasteiger partial charge is 0.319 e. The monoisotopic (exact) mass is 291 g/mol. The molecule has 0 spiro atoms. The molecule has 1 aliphatic rings. The fourth-order valence-electron chi connectivity index (χ4n) is 2.80. The summed E-state index contributed by atoms with van der Waals surface area (Å²) in [4.78, 5) is 14.2. The van der Waals surface area contributed by atoms with Gasteiger partial charge in [-0.25, -0.2) is 4.79 Å². The number of carbonyl (C=O) groups is 1. The van der Waals surface area contributed by atoms with Gasteiger partial charge in [-0.2, -0.15) is 0 Å². The molecule has 0 saturated heterocycles. The summed E-state index contributed by atoms with van der Waals surface area (Å²) >= 11 is 0. The van der Waals surface area contributed by atoms with Gasteiger partial charge in [0.2, 0.25) is 0 Å². The molecule has 21 heavy (non-hydrogen) atoms. The summed E-state index contributed by atoms with van der Waals surface area (Å²) in [6, 6.07) is 7.84. The molecular formula is C16H25N3O2. The number of anilines is 2. The van der Waals surface area contributed by atoms with Crippen LogP contribution in [0.3, 0.4) is 0 Å². The number of nitrogens with zero attached hydrogens (tertiary/aromatic N) is 1. The molecule has 1 atom stereocenters. The van der Waals surface area contributed by atoms with Crippen molar-refractivity contribution in [1.29, 1.82) is 0 Å². The summed E-state index contributed by atoms with van der Waals surface area (Å²) in [5.74, 6) is 0. The van der Waals surface area contributed by atoms with Crippen LogP contribution in [-0.2, 0) is 0 Å². The van der Waals surface area contributed by atoms with Crippen LogP contribution in [0.2, 0.25) is 0 Å². The highest BCUT2D eigenvalue weighted by molar-refractivity contribution is 5.93. The van der Waals surface area contributed by atoms with Crippen molar-refractivity contribution in [3.8, 4) is 0 Å². The first kappa shape index (κ1) is 15.6. The molecule has 5 nitrogen and oxygen atoms in total. The number of carbonyl (C=O) groups excluding carboxylic acids is 1. The van der Waals surface area contributed by atoms with E-state index in [1.54, 1.807) is 6.92 Å². The fourth-order valence-corrected chi connectivity index (χ4v) is 2.80. The van der Waals surface area contributed by atoms with Gasteiger partial charge in [0.25, 0.3) is 0 Å². The SMILES string of the molecule is CC(CO)NC(=O)Nc1ccccc1N(C)C1CCCC1. The van der Waals surface area contributed by atoms with E-state index in [2.05, 4.69) is 22.6 Å². The molecule has 0 heterocycles. The molecule has 2 rings (SSSR count). The molecule has 1 aromatic rings. The van der Waals surface area contributed by atoms with Crippen molar-refractivity contribution < 1.29 is 9.90 Å². The second kappa shape index (κ2) is 7.31. The number of amides is 2. The minimum absolute atomic E-state index is 0.0724. The molecule has 0 bridgehead atoms. The quantitative estimate of drug-likeness (QED) is 0.781. The average molecular weight is 291 g/mol. The minimum atomic E-state index is -0.288. The van der Waals surface area contributed by atoms with Crippen molar-refractivity contribution in [1.82, 2.24) is 5.32 Å². The number of nitrogens with one attached hydrogen (secondary N) is 2. The van der Waals surface area contributed by atoms with Gasteiger partial charge in [0.05, 0.1) is 24.0 Å². The van der Waals surface area contributed by atoms with Gasteiger partial charge < -0.3 is 20.6 Å². The topological polar surface area (TPSA) is 64.6 Å². The highest BCUT2D eigenvalue weighted by atomic mass is 16.3. The number of rotatable bonds is 5. The van der Waals surface area contributed by atoms with Crippen LogP contribution in [-0.4, -0.2) is 36.9 Å². The van der Waals surface area contributed by atoms with E-state index in [1.807, 2.05) is 24.3 Å². The van der Waals surface area contributed by atoms with E-state index in [-0.39, 0.29) is 18.7 Å². The highest BCUT2D eigenvalue weighted by Crippen LogP contribution is 2.31. The van der Waals surface area contributed by atoms with Crippen molar-refractivity contribution in [3.05, 3.63) is 24.3 Å². The van der Waals surface area contributed by atoms with E-state index in [4.69, 9.17) is 5.11 Å². The molecular weight excluding hydrogens is 266 g/mol. The standard InChI is InChI=1S/C16H25N3O2/c1-12(11-20)17-16(21)18-14-9-5-6-10-15(14)19(2)13-7-3-4-8-13/h5-6,9-10,12-13,20H,3-4,7-8,11H2,1-2H3,(H2,17,18,21). The molecule has 1 fully saturated rings. The van der Waals surface area contributed by atoms with Crippen LogP contribution < -0.4 is 15.5 Å². The third-order valence-corrected chi connectivity index (χ3v) is 4.06. The molecule has 1 aromatic carbocycles. The Morgan fingerprint density at radius 1 is 1.38 bits per heavy atom. The number of aliphatic hydroxyl groups is 1. The van der Waals surface area contributed by atoms with Gasteiger partial charge in [-0.1, -0.05) is 25.0 Å². The third kappa shape index (κ3) is 4.11.